The molecule has 5 nitrogen and oxygen atoms in total. The molecular weight excluding hydrogens is 214 g/mol. The molecule has 17 heavy (non-hydrogen) atoms. The van der Waals surface area contributed by atoms with Gasteiger partial charge in [-0.15, -0.1) is 5.10 Å². The standard InChI is InChI=1S/C12H17N5/c1-8-5-6-9(13)7-10(8)17-11(12(2,3)4)14-15-16-17/h5-7H,13H2,1-4H3. The maximum Gasteiger partial charge on any atom is 0.162 e. The number of tetrazole rings is 1. The highest BCUT2D eigenvalue weighted by molar-refractivity contribution is 5.52. The molecule has 1 heterocycles. The summed E-state index contributed by atoms with van der Waals surface area (Å²) in [4.78, 5) is 0. The van der Waals surface area contributed by atoms with Gasteiger partial charge in [0, 0.05) is 11.1 Å². The van der Waals surface area contributed by atoms with Crippen molar-refractivity contribution < 1.29 is 0 Å². The highest BCUT2D eigenvalue weighted by Crippen LogP contribution is 2.24. The molecule has 0 amide bonds. The molecule has 0 aliphatic carbocycles. The first-order valence-electron chi connectivity index (χ1n) is 5.55. The van der Waals surface area contributed by atoms with Gasteiger partial charge in [-0.05, 0) is 35.0 Å². The van der Waals surface area contributed by atoms with Gasteiger partial charge in [0.2, 0.25) is 0 Å². The zero-order chi connectivity index (χ0) is 12.6. The van der Waals surface area contributed by atoms with Crippen LogP contribution in [0.3, 0.4) is 0 Å². The van der Waals surface area contributed by atoms with Crippen LogP contribution in [0, 0.1) is 6.92 Å². The molecule has 0 unspecified atom stereocenters. The van der Waals surface area contributed by atoms with Crippen molar-refractivity contribution in [2.75, 3.05) is 5.73 Å². The van der Waals surface area contributed by atoms with Crippen molar-refractivity contribution in [3.05, 3.63) is 29.6 Å². The lowest BCUT2D eigenvalue weighted by atomic mass is 9.95. The van der Waals surface area contributed by atoms with Crippen LogP contribution >= 0.6 is 0 Å². The van der Waals surface area contributed by atoms with Crippen LogP contribution in [0.2, 0.25) is 0 Å². The lowest BCUT2D eigenvalue weighted by molar-refractivity contribution is 0.525. The van der Waals surface area contributed by atoms with Gasteiger partial charge in [-0.3, -0.25) is 0 Å². The second-order valence-corrected chi connectivity index (χ2v) is 5.21. The number of nitrogens with zero attached hydrogens (tertiary/aromatic N) is 4. The number of benzene rings is 1. The fourth-order valence-corrected chi connectivity index (χ4v) is 1.67. The molecule has 0 radical (unpaired) electrons. The Morgan fingerprint density at radius 2 is 1.94 bits per heavy atom. The van der Waals surface area contributed by atoms with Gasteiger partial charge in [-0.25, -0.2) is 0 Å². The first kappa shape index (κ1) is 11.6. The Morgan fingerprint density at radius 3 is 2.59 bits per heavy atom. The van der Waals surface area contributed by atoms with Crippen molar-refractivity contribution >= 4 is 5.69 Å². The maximum atomic E-state index is 5.81. The van der Waals surface area contributed by atoms with Crippen LogP contribution in [0.25, 0.3) is 5.69 Å². The lowest BCUT2D eigenvalue weighted by Gasteiger charge is -2.18. The van der Waals surface area contributed by atoms with Crippen LogP contribution in [-0.4, -0.2) is 20.2 Å². The number of aryl methyl sites for hydroxylation is 1. The van der Waals surface area contributed by atoms with Gasteiger partial charge in [-0.2, -0.15) is 4.68 Å². The van der Waals surface area contributed by atoms with Crippen molar-refractivity contribution in [1.82, 2.24) is 20.2 Å². The quantitative estimate of drug-likeness (QED) is 0.760. The molecule has 0 fully saturated rings. The van der Waals surface area contributed by atoms with Crippen LogP contribution in [0.5, 0.6) is 0 Å². The minimum atomic E-state index is -0.111. The summed E-state index contributed by atoms with van der Waals surface area (Å²) in [6, 6.07) is 5.74. The number of rotatable bonds is 1. The molecule has 0 spiro atoms. The molecule has 1 aromatic carbocycles. The van der Waals surface area contributed by atoms with Crippen molar-refractivity contribution in [3.63, 3.8) is 0 Å². The fraction of sp³-hybridized carbons (Fsp3) is 0.417. The molecule has 0 saturated heterocycles. The molecule has 2 rings (SSSR count). The Balaban J connectivity index is 2.61. The fourth-order valence-electron chi connectivity index (χ4n) is 1.67. The molecule has 1 aromatic heterocycles. The Labute approximate surface area is 101 Å². The Bertz CT molecular complexity index is 536. The predicted octanol–water partition coefficient (Wildman–Crippen LogP) is 1.85. The van der Waals surface area contributed by atoms with E-state index >= 15 is 0 Å². The molecule has 2 aromatic rings. The molecule has 0 aliphatic heterocycles. The van der Waals surface area contributed by atoms with Gasteiger partial charge in [-0.1, -0.05) is 26.8 Å². The predicted molar refractivity (Wildman–Crippen MR) is 67.0 cm³/mol. The number of nitrogens with two attached hydrogens (primary N) is 1. The smallest absolute Gasteiger partial charge is 0.162 e. The number of hydrogen-bond donors (Lipinski definition) is 1. The van der Waals surface area contributed by atoms with Gasteiger partial charge >= 0.3 is 0 Å². The highest BCUT2D eigenvalue weighted by Gasteiger charge is 2.23. The second kappa shape index (κ2) is 3.84. The third-order valence-corrected chi connectivity index (χ3v) is 2.60. The Kier molecular flexibility index (Phi) is 2.61. The minimum absolute atomic E-state index is 0.111. The Morgan fingerprint density at radius 1 is 1.24 bits per heavy atom. The van der Waals surface area contributed by atoms with Gasteiger partial charge in [0.25, 0.3) is 0 Å². The van der Waals surface area contributed by atoms with Gasteiger partial charge in [0.15, 0.2) is 5.82 Å². The van der Waals surface area contributed by atoms with E-state index in [-0.39, 0.29) is 5.41 Å². The number of anilines is 1. The van der Waals surface area contributed by atoms with Gasteiger partial charge < -0.3 is 5.73 Å². The van der Waals surface area contributed by atoms with E-state index in [0.29, 0.717) is 5.69 Å². The zero-order valence-corrected chi connectivity index (χ0v) is 10.6. The third kappa shape index (κ3) is 2.13. The Hall–Kier alpha value is -1.91. The third-order valence-electron chi connectivity index (χ3n) is 2.60. The molecule has 0 aliphatic rings. The molecule has 0 atom stereocenters. The highest BCUT2D eigenvalue weighted by atomic mass is 15.5. The number of hydrogen-bond acceptors (Lipinski definition) is 4. The monoisotopic (exact) mass is 231 g/mol. The molecule has 0 bridgehead atoms. The average molecular weight is 231 g/mol. The molecule has 90 valence electrons. The lowest BCUT2D eigenvalue weighted by Crippen LogP contribution is -2.19. The minimum Gasteiger partial charge on any atom is -0.399 e. The van der Waals surface area contributed by atoms with E-state index in [4.69, 9.17) is 5.73 Å². The molecular formula is C12H17N5. The van der Waals surface area contributed by atoms with Crippen LogP contribution in [0.4, 0.5) is 5.69 Å². The largest absolute Gasteiger partial charge is 0.399 e. The SMILES string of the molecule is Cc1ccc(N)cc1-n1nnnc1C(C)(C)C. The van der Waals surface area contributed by atoms with Crippen molar-refractivity contribution in [2.45, 2.75) is 33.1 Å². The van der Waals surface area contributed by atoms with Crippen molar-refractivity contribution in [1.29, 1.82) is 0 Å². The summed E-state index contributed by atoms with van der Waals surface area (Å²) < 4.78 is 1.76. The van der Waals surface area contributed by atoms with Gasteiger partial charge in [0.1, 0.15) is 0 Å². The topological polar surface area (TPSA) is 69.6 Å². The summed E-state index contributed by atoms with van der Waals surface area (Å²) in [5.74, 6) is 0.825. The normalized spacial score (nSPS) is 11.8. The second-order valence-electron chi connectivity index (χ2n) is 5.21. The van der Waals surface area contributed by atoms with E-state index < -0.39 is 0 Å². The summed E-state index contributed by atoms with van der Waals surface area (Å²) in [6.45, 7) is 8.26. The van der Waals surface area contributed by atoms with E-state index in [1.165, 1.54) is 0 Å². The van der Waals surface area contributed by atoms with Gasteiger partial charge in [0.05, 0.1) is 5.69 Å². The summed E-state index contributed by atoms with van der Waals surface area (Å²) in [6.07, 6.45) is 0. The summed E-state index contributed by atoms with van der Waals surface area (Å²) >= 11 is 0. The summed E-state index contributed by atoms with van der Waals surface area (Å²) in [5.41, 5.74) is 8.43. The van der Waals surface area contributed by atoms with Crippen LogP contribution < -0.4 is 5.73 Å². The van der Waals surface area contributed by atoms with Crippen molar-refractivity contribution in [2.24, 2.45) is 0 Å². The van der Waals surface area contributed by atoms with Crippen LogP contribution in [-0.2, 0) is 5.41 Å². The number of aromatic nitrogens is 4. The molecule has 0 saturated carbocycles. The van der Waals surface area contributed by atoms with Crippen LogP contribution in [0.15, 0.2) is 18.2 Å². The van der Waals surface area contributed by atoms with E-state index in [9.17, 15) is 0 Å². The average Bonchev–Trinajstić information content (AvgIpc) is 2.69. The number of nitrogen functional groups attached to an aromatic ring is 1. The summed E-state index contributed by atoms with van der Waals surface area (Å²) in [7, 11) is 0. The van der Waals surface area contributed by atoms with E-state index in [1.54, 1.807) is 4.68 Å². The molecule has 2 N–H and O–H groups in total. The van der Waals surface area contributed by atoms with E-state index in [1.807, 2.05) is 25.1 Å². The zero-order valence-electron chi connectivity index (χ0n) is 10.6. The summed E-state index contributed by atoms with van der Waals surface area (Å²) in [5, 5.41) is 11.9. The van der Waals surface area contributed by atoms with Crippen LogP contribution in [0.1, 0.15) is 32.2 Å². The van der Waals surface area contributed by atoms with E-state index in [2.05, 4.69) is 36.3 Å². The van der Waals surface area contributed by atoms with E-state index in [0.717, 1.165) is 17.1 Å². The maximum absolute atomic E-state index is 5.81. The first-order chi connectivity index (χ1) is 7.89. The molecule has 5 heteroatoms. The van der Waals surface area contributed by atoms with Crippen molar-refractivity contribution in [3.8, 4) is 5.69 Å². The first-order valence-corrected chi connectivity index (χ1v) is 5.55.